The molecule has 0 fully saturated rings. The van der Waals surface area contributed by atoms with Crippen LogP contribution in [-0.2, 0) is 9.53 Å². The second-order valence-corrected chi connectivity index (χ2v) is 9.16. The van der Waals surface area contributed by atoms with E-state index in [4.69, 9.17) is 27.9 Å². The van der Waals surface area contributed by atoms with Crippen LogP contribution in [0, 0.1) is 18.3 Å². The standard InChI is InChI=1S/C27H27Cl2N3O3/c1-17-20(15-30)12-19-6-4-5-7-22(19)26(17)27(34)31-16-21(14-25(33)32(2)10-11-35-3)18-8-9-23(28)24(29)13-18/h4-9,12-13,21H,10-11,14,16H2,1-3H3,(H,31,34)/t21-/m1/s1. The van der Waals surface area contributed by atoms with Crippen molar-refractivity contribution in [1.29, 1.82) is 5.26 Å². The van der Waals surface area contributed by atoms with Gasteiger partial charge < -0.3 is 15.0 Å². The number of carbonyl (C=O) groups excluding carboxylic acids is 2. The van der Waals surface area contributed by atoms with Gasteiger partial charge in [-0.15, -0.1) is 0 Å². The third-order valence-corrected chi connectivity index (χ3v) is 6.80. The van der Waals surface area contributed by atoms with Gasteiger partial charge in [-0.25, -0.2) is 0 Å². The van der Waals surface area contributed by atoms with Gasteiger partial charge in [0, 0.05) is 39.6 Å². The van der Waals surface area contributed by atoms with Crippen molar-refractivity contribution in [1.82, 2.24) is 10.2 Å². The summed E-state index contributed by atoms with van der Waals surface area (Å²) in [5, 5.41) is 14.9. The summed E-state index contributed by atoms with van der Waals surface area (Å²) in [7, 11) is 3.30. The maximum atomic E-state index is 13.4. The normalized spacial score (nSPS) is 11.7. The van der Waals surface area contributed by atoms with Crippen molar-refractivity contribution in [3.8, 4) is 6.07 Å². The van der Waals surface area contributed by atoms with Crippen LogP contribution in [-0.4, -0.2) is 50.6 Å². The highest BCUT2D eigenvalue weighted by molar-refractivity contribution is 6.42. The molecular weight excluding hydrogens is 485 g/mol. The van der Waals surface area contributed by atoms with Gasteiger partial charge in [-0.1, -0.05) is 53.5 Å². The Kier molecular flexibility index (Phi) is 9.11. The molecule has 6 nitrogen and oxygen atoms in total. The minimum absolute atomic E-state index is 0.0829. The zero-order valence-corrected chi connectivity index (χ0v) is 21.4. The third-order valence-electron chi connectivity index (χ3n) is 6.06. The quantitative estimate of drug-likeness (QED) is 0.420. The lowest BCUT2D eigenvalue weighted by molar-refractivity contribution is -0.130. The van der Waals surface area contributed by atoms with Gasteiger partial charge >= 0.3 is 0 Å². The zero-order valence-electron chi connectivity index (χ0n) is 19.9. The molecular formula is C27H27Cl2N3O3. The minimum Gasteiger partial charge on any atom is -0.383 e. The van der Waals surface area contributed by atoms with Gasteiger partial charge in [0.1, 0.15) is 0 Å². The molecule has 2 amide bonds. The lowest BCUT2D eigenvalue weighted by Gasteiger charge is -2.23. The fraction of sp³-hybridized carbons (Fsp3) is 0.296. The van der Waals surface area contributed by atoms with Crippen LogP contribution in [0.2, 0.25) is 10.0 Å². The predicted octanol–water partition coefficient (Wildman–Crippen LogP) is 5.34. The molecule has 1 N–H and O–H groups in total. The van der Waals surface area contributed by atoms with Crippen molar-refractivity contribution in [3.05, 3.63) is 80.8 Å². The first kappa shape index (κ1) is 26.5. The number of amides is 2. The van der Waals surface area contributed by atoms with Crippen LogP contribution < -0.4 is 5.32 Å². The molecule has 182 valence electrons. The summed E-state index contributed by atoms with van der Waals surface area (Å²) in [6, 6.07) is 16.6. The van der Waals surface area contributed by atoms with E-state index in [0.29, 0.717) is 39.9 Å². The number of hydrogen-bond acceptors (Lipinski definition) is 4. The number of nitrogens with one attached hydrogen (secondary N) is 1. The van der Waals surface area contributed by atoms with Crippen LogP contribution in [0.25, 0.3) is 10.8 Å². The molecule has 35 heavy (non-hydrogen) atoms. The van der Waals surface area contributed by atoms with Crippen LogP contribution in [0.3, 0.4) is 0 Å². The first-order valence-corrected chi connectivity index (χ1v) is 11.9. The smallest absolute Gasteiger partial charge is 0.252 e. The van der Waals surface area contributed by atoms with Crippen LogP contribution in [0.1, 0.15) is 39.4 Å². The molecule has 0 aliphatic rings. The van der Waals surface area contributed by atoms with Gasteiger partial charge in [0.05, 0.1) is 33.8 Å². The van der Waals surface area contributed by atoms with Crippen LogP contribution in [0.4, 0.5) is 0 Å². The second-order valence-electron chi connectivity index (χ2n) is 8.35. The Morgan fingerprint density at radius 3 is 2.57 bits per heavy atom. The molecule has 0 heterocycles. The number of halogens is 2. The first-order valence-electron chi connectivity index (χ1n) is 11.1. The van der Waals surface area contributed by atoms with E-state index in [1.165, 1.54) is 0 Å². The number of nitrogens with zero attached hydrogens (tertiary/aromatic N) is 2. The topological polar surface area (TPSA) is 82.4 Å². The Balaban J connectivity index is 1.89. The summed E-state index contributed by atoms with van der Waals surface area (Å²) < 4.78 is 5.07. The Morgan fingerprint density at radius 1 is 1.14 bits per heavy atom. The molecule has 0 aromatic heterocycles. The monoisotopic (exact) mass is 511 g/mol. The second kappa shape index (κ2) is 12.0. The molecule has 1 atom stereocenters. The van der Waals surface area contributed by atoms with Crippen LogP contribution in [0.15, 0.2) is 48.5 Å². The van der Waals surface area contributed by atoms with Crippen molar-refractivity contribution in [3.63, 3.8) is 0 Å². The number of carbonyl (C=O) groups is 2. The molecule has 0 aliphatic carbocycles. The van der Waals surface area contributed by atoms with Gasteiger partial charge in [-0.05, 0) is 47.0 Å². The molecule has 0 spiro atoms. The molecule has 0 unspecified atom stereocenters. The highest BCUT2D eigenvalue weighted by atomic mass is 35.5. The predicted molar refractivity (Wildman–Crippen MR) is 139 cm³/mol. The van der Waals surface area contributed by atoms with Crippen LogP contribution in [0.5, 0.6) is 0 Å². The number of fused-ring (bicyclic) bond motifs is 1. The van der Waals surface area contributed by atoms with E-state index in [9.17, 15) is 14.9 Å². The van der Waals surface area contributed by atoms with E-state index in [1.807, 2.05) is 30.3 Å². The number of methoxy groups -OCH3 is 1. The molecule has 3 aromatic carbocycles. The Hall–Kier alpha value is -3.11. The zero-order chi connectivity index (χ0) is 25.5. The molecule has 8 heteroatoms. The van der Waals surface area contributed by atoms with E-state index in [1.54, 1.807) is 44.2 Å². The van der Waals surface area contributed by atoms with Gasteiger partial charge in [0.25, 0.3) is 5.91 Å². The summed E-state index contributed by atoms with van der Waals surface area (Å²) in [6.07, 6.45) is 0.163. The number of rotatable bonds is 9. The molecule has 3 aromatic rings. The Labute approximate surface area is 215 Å². The first-order chi connectivity index (χ1) is 16.8. The molecule has 0 bridgehead atoms. The van der Waals surface area contributed by atoms with Crippen molar-refractivity contribution in [2.45, 2.75) is 19.3 Å². The fourth-order valence-corrected chi connectivity index (χ4v) is 4.26. The largest absolute Gasteiger partial charge is 0.383 e. The molecule has 0 saturated heterocycles. The Morgan fingerprint density at radius 2 is 1.89 bits per heavy atom. The maximum Gasteiger partial charge on any atom is 0.252 e. The Bertz CT molecular complexity index is 1290. The minimum atomic E-state index is -0.336. The maximum absolute atomic E-state index is 13.4. The van der Waals surface area contributed by atoms with Gasteiger partial charge in [-0.2, -0.15) is 5.26 Å². The fourth-order valence-electron chi connectivity index (χ4n) is 3.96. The average molecular weight is 512 g/mol. The summed E-state index contributed by atoms with van der Waals surface area (Å²) >= 11 is 12.3. The average Bonchev–Trinajstić information content (AvgIpc) is 2.85. The van der Waals surface area contributed by atoms with Crippen molar-refractivity contribution >= 4 is 45.8 Å². The van der Waals surface area contributed by atoms with Crippen molar-refractivity contribution in [2.24, 2.45) is 0 Å². The van der Waals surface area contributed by atoms with E-state index in [2.05, 4.69) is 11.4 Å². The summed E-state index contributed by atoms with van der Waals surface area (Å²) in [5.74, 6) is -0.724. The molecule has 0 radical (unpaired) electrons. The van der Waals surface area contributed by atoms with E-state index in [0.717, 1.165) is 16.3 Å². The third kappa shape index (κ3) is 6.32. The van der Waals surface area contributed by atoms with Crippen molar-refractivity contribution < 1.29 is 14.3 Å². The number of likely N-dealkylation sites (N-methyl/N-ethyl adjacent to an activating group) is 1. The SMILES string of the molecule is COCCN(C)C(=O)C[C@H](CNC(=O)c1c(C)c(C#N)cc2ccccc12)c1ccc(Cl)c(Cl)c1. The highest BCUT2D eigenvalue weighted by Gasteiger charge is 2.22. The van der Waals surface area contributed by atoms with Crippen molar-refractivity contribution in [2.75, 3.05) is 33.9 Å². The van der Waals surface area contributed by atoms with E-state index < -0.39 is 0 Å². The molecule has 0 saturated carbocycles. The van der Waals surface area contributed by atoms with Gasteiger partial charge in [0.15, 0.2) is 0 Å². The van der Waals surface area contributed by atoms with E-state index >= 15 is 0 Å². The van der Waals surface area contributed by atoms with Gasteiger partial charge in [0.2, 0.25) is 5.91 Å². The number of nitriles is 1. The molecule has 0 aliphatic heterocycles. The summed E-state index contributed by atoms with van der Waals surface area (Å²) in [5.41, 5.74) is 2.31. The lowest BCUT2D eigenvalue weighted by Crippen LogP contribution is -2.34. The molecule has 3 rings (SSSR count). The number of hydrogen-bond donors (Lipinski definition) is 1. The van der Waals surface area contributed by atoms with Crippen LogP contribution >= 0.6 is 23.2 Å². The number of benzene rings is 3. The highest BCUT2D eigenvalue weighted by Crippen LogP contribution is 2.29. The summed E-state index contributed by atoms with van der Waals surface area (Å²) in [6.45, 7) is 2.86. The van der Waals surface area contributed by atoms with Gasteiger partial charge in [-0.3, -0.25) is 9.59 Å². The lowest BCUT2D eigenvalue weighted by atomic mass is 9.93. The van der Waals surface area contributed by atoms with E-state index in [-0.39, 0.29) is 30.7 Å². The number of ether oxygens (including phenoxy) is 1. The summed E-state index contributed by atoms with van der Waals surface area (Å²) in [4.78, 5) is 27.9.